The maximum atomic E-state index is 10.9. The van der Waals surface area contributed by atoms with E-state index in [9.17, 15) is 9.59 Å². The van der Waals surface area contributed by atoms with Gasteiger partial charge in [0.15, 0.2) is 0 Å². The molecule has 0 aliphatic carbocycles. The second-order valence-corrected chi connectivity index (χ2v) is 5.09. The highest BCUT2D eigenvalue weighted by Crippen LogP contribution is 2.36. The van der Waals surface area contributed by atoms with Crippen LogP contribution in [0.25, 0.3) is 0 Å². The molecule has 0 bridgehead atoms. The van der Waals surface area contributed by atoms with Crippen molar-refractivity contribution in [2.24, 2.45) is 11.3 Å². The highest BCUT2D eigenvalue weighted by atomic mass is 16.4. The van der Waals surface area contributed by atoms with Gasteiger partial charge in [-0.15, -0.1) is 0 Å². The minimum absolute atomic E-state index is 0.0576. The SMILES string of the molecule is CC(C)(C)C1CC(C(=O)O)N(C(=O)O)C1. The highest BCUT2D eigenvalue weighted by Gasteiger charge is 2.43. The summed E-state index contributed by atoms with van der Waals surface area (Å²) in [6, 6.07) is -0.883. The number of hydrogen-bond donors (Lipinski definition) is 2. The van der Waals surface area contributed by atoms with Crippen molar-refractivity contribution in [2.75, 3.05) is 6.54 Å². The first kappa shape index (κ1) is 11.8. The number of carbonyl (C=O) groups is 2. The number of nitrogens with zero attached hydrogens (tertiary/aromatic N) is 1. The molecule has 1 saturated heterocycles. The summed E-state index contributed by atoms with van der Waals surface area (Å²) in [6.07, 6.45) is -0.736. The molecule has 0 aromatic rings. The number of likely N-dealkylation sites (tertiary alicyclic amines) is 1. The van der Waals surface area contributed by atoms with E-state index in [4.69, 9.17) is 10.2 Å². The second kappa shape index (κ2) is 3.72. The van der Waals surface area contributed by atoms with Crippen LogP contribution in [0.4, 0.5) is 4.79 Å². The van der Waals surface area contributed by atoms with Crippen LogP contribution in [0, 0.1) is 11.3 Å². The van der Waals surface area contributed by atoms with Crippen molar-refractivity contribution in [3.63, 3.8) is 0 Å². The topological polar surface area (TPSA) is 77.8 Å². The normalized spacial score (nSPS) is 26.7. The van der Waals surface area contributed by atoms with Gasteiger partial charge < -0.3 is 10.2 Å². The number of carboxylic acid groups (broad SMARTS) is 2. The van der Waals surface area contributed by atoms with Crippen LogP contribution in [0.2, 0.25) is 0 Å². The van der Waals surface area contributed by atoms with Gasteiger partial charge in [0.1, 0.15) is 6.04 Å². The highest BCUT2D eigenvalue weighted by molar-refractivity contribution is 5.80. The molecule has 15 heavy (non-hydrogen) atoms. The molecule has 1 aliphatic heterocycles. The fourth-order valence-electron chi connectivity index (χ4n) is 1.91. The van der Waals surface area contributed by atoms with Crippen LogP contribution in [-0.4, -0.2) is 39.8 Å². The molecule has 0 saturated carbocycles. The Balaban J connectivity index is 2.83. The van der Waals surface area contributed by atoms with E-state index >= 15 is 0 Å². The zero-order valence-corrected chi connectivity index (χ0v) is 9.23. The van der Waals surface area contributed by atoms with Crippen LogP contribution in [0.1, 0.15) is 27.2 Å². The Morgan fingerprint density at radius 2 is 1.80 bits per heavy atom. The average Bonchev–Trinajstić information content (AvgIpc) is 2.45. The largest absolute Gasteiger partial charge is 0.480 e. The summed E-state index contributed by atoms with van der Waals surface area (Å²) in [5, 5.41) is 17.8. The van der Waals surface area contributed by atoms with Gasteiger partial charge in [-0.1, -0.05) is 20.8 Å². The van der Waals surface area contributed by atoms with Gasteiger partial charge in [-0.05, 0) is 17.8 Å². The predicted octanol–water partition coefficient (Wildman–Crippen LogP) is 1.49. The van der Waals surface area contributed by atoms with Crippen LogP contribution >= 0.6 is 0 Å². The van der Waals surface area contributed by atoms with E-state index in [2.05, 4.69) is 0 Å². The van der Waals surface area contributed by atoms with Crippen LogP contribution in [0.15, 0.2) is 0 Å². The molecule has 5 heteroatoms. The first-order valence-corrected chi connectivity index (χ1v) is 4.96. The van der Waals surface area contributed by atoms with Crippen molar-refractivity contribution in [1.29, 1.82) is 0 Å². The number of rotatable bonds is 1. The van der Waals surface area contributed by atoms with Crippen molar-refractivity contribution in [3.05, 3.63) is 0 Å². The van der Waals surface area contributed by atoms with Gasteiger partial charge in [0.2, 0.25) is 0 Å². The lowest BCUT2D eigenvalue weighted by atomic mass is 9.79. The van der Waals surface area contributed by atoms with Crippen molar-refractivity contribution in [3.8, 4) is 0 Å². The van der Waals surface area contributed by atoms with Crippen molar-refractivity contribution < 1.29 is 19.8 Å². The standard InChI is InChI=1S/C10H17NO4/c1-10(2,3)6-4-7(8(12)13)11(5-6)9(14)15/h6-7H,4-5H2,1-3H3,(H,12,13)(H,14,15). The van der Waals surface area contributed by atoms with E-state index < -0.39 is 18.1 Å². The van der Waals surface area contributed by atoms with Crippen molar-refractivity contribution in [1.82, 2.24) is 4.90 Å². The van der Waals surface area contributed by atoms with E-state index in [0.717, 1.165) is 4.90 Å². The third kappa shape index (κ3) is 2.40. The second-order valence-electron chi connectivity index (χ2n) is 5.09. The summed E-state index contributed by atoms with van der Waals surface area (Å²) in [5.41, 5.74) is -0.0576. The zero-order chi connectivity index (χ0) is 11.8. The van der Waals surface area contributed by atoms with E-state index in [-0.39, 0.29) is 11.3 Å². The Bertz CT molecular complexity index is 260. The molecule has 2 unspecified atom stereocenters. The molecular formula is C10H17NO4. The third-order valence-electron chi connectivity index (χ3n) is 3.06. The Hall–Kier alpha value is -1.26. The molecule has 1 fully saturated rings. The molecular weight excluding hydrogens is 198 g/mol. The number of aliphatic carboxylic acids is 1. The molecule has 1 aliphatic rings. The first-order valence-electron chi connectivity index (χ1n) is 4.96. The molecule has 1 amide bonds. The van der Waals surface area contributed by atoms with E-state index in [1.807, 2.05) is 20.8 Å². The molecule has 1 heterocycles. The lowest BCUT2D eigenvalue weighted by molar-refractivity contribution is -0.141. The average molecular weight is 215 g/mol. The molecule has 0 spiro atoms. The summed E-state index contributed by atoms with van der Waals surface area (Å²) in [5.74, 6) is -0.946. The Morgan fingerprint density at radius 3 is 2.07 bits per heavy atom. The lowest BCUT2D eigenvalue weighted by Gasteiger charge is -2.26. The van der Waals surface area contributed by atoms with E-state index in [1.54, 1.807) is 0 Å². The summed E-state index contributed by atoms with van der Waals surface area (Å²) < 4.78 is 0. The van der Waals surface area contributed by atoms with Gasteiger partial charge in [0.25, 0.3) is 0 Å². The van der Waals surface area contributed by atoms with Gasteiger partial charge in [-0.3, -0.25) is 4.90 Å². The molecule has 2 atom stereocenters. The van der Waals surface area contributed by atoms with Gasteiger partial charge >= 0.3 is 12.1 Å². The van der Waals surface area contributed by atoms with Crippen molar-refractivity contribution >= 4 is 12.1 Å². The van der Waals surface area contributed by atoms with Gasteiger partial charge in [-0.2, -0.15) is 0 Å². The summed E-state index contributed by atoms with van der Waals surface area (Å²) in [4.78, 5) is 22.8. The summed E-state index contributed by atoms with van der Waals surface area (Å²) in [7, 11) is 0. The molecule has 86 valence electrons. The molecule has 0 aromatic heterocycles. The molecule has 2 N–H and O–H groups in total. The Labute approximate surface area is 88.7 Å². The number of amides is 1. The lowest BCUT2D eigenvalue weighted by Crippen LogP contribution is -2.39. The third-order valence-corrected chi connectivity index (χ3v) is 3.06. The Morgan fingerprint density at radius 1 is 1.27 bits per heavy atom. The van der Waals surface area contributed by atoms with Crippen LogP contribution in [-0.2, 0) is 4.79 Å². The van der Waals surface area contributed by atoms with Crippen LogP contribution in [0.3, 0.4) is 0 Å². The zero-order valence-electron chi connectivity index (χ0n) is 9.23. The maximum absolute atomic E-state index is 10.9. The van der Waals surface area contributed by atoms with Gasteiger partial charge in [-0.25, -0.2) is 9.59 Å². The van der Waals surface area contributed by atoms with Crippen LogP contribution in [0.5, 0.6) is 0 Å². The number of hydrogen-bond acceptors (Lipinski definition) is 2. The smallest absolute Gasteiger partial charge is 0.408 e. The van der Waals surface area contributed by atoms with Gasteiger partial charge in [0, 0.05) is 6.54 Å². The quantitative estimate of drug-likeness (QED) is 0.694. The molecule has 0 aromatic carbocycles. The minimum atomic E-state index is -1.14. The Kier molecular flexibility index (Phi) is 2.93. The fourth-order valence-corrected chi connectivity index (χ4v) is 1.91. The fraction of sp³-hybridized carbons (Fsp3) is 0.800. The maximum Gasteiger partial charge on any atom is 0.408 e. The molecule has 0 radical (unpaired) electrons. The summed E-state index contributed by atoms with van der Waals surface area (Å²) in [6.45, 7) is 6.32. The first-order chi connectivity index (χ1) is 6.73. The summed E-state index contributed by atoms with van der Waals surface area (Å²) >= 11 is 0. The van der Waals surface area contributed by atoms with E-state index in [1.165, 1.54) is 0 Å². The van der Waals surface area contributed by atoms with Crippen molar-refractivity contribution in [2.45, 2.75) is 33.2 Å². The van der Waals surface area contributed by atoms with Gasteiger partial charge in [0.05, 0.1) is 0 Å². The van der Waals surface area contributed by atoms with Crippen LogP contribution < -0.4 is 0 Å². The monoisotopic (exact) mass is 215 g/mol. The minimum Gasteiger partial charge on any atom is -0.480 e. The molecule has 1 rings (SSSR count). The molecule has 5 nitrogen and oxygen atoms in total. The van der Waals surface area contributed by atoms with E-state index in [0.29, 0.717) is 13.0 Å². The predicted molar refractivity (Wildman–Crippen MR) is 53.7 cm³/mol. The number of carboxylic acids is 1.